The van der Waals surface area contributed by atoms with E-state index in [0.717, 1.165) is 11.1 Å². The van der Waals surface area contributed by atoms with Crippen LogP contribution in [0.25, 0.3) is 0 Å². The van der Waals surface area contributed by atoms with Gasteiger partial charge >= 0.3 is 0 Å². The van der Waals surface area contributed by atoms with Gasteiger partial charge in [0.25, 0.3) is 0 Å². The number of carbonyl (C=O) groups is 1. The molecule has 0 aromatic heterocycles. The molecule has 3 rings (SSSR count). The van der Waals surface area contributed by atoms with Gasteiger partial charge in [-0.15, -0.1) is 0 Å². The van der Waals surface area contributed by atoms with Crippen molar-refractivity contribution in [2.45, 2.75) is 25.6 Å². The van der Waals surface area contributed by atoms with Gasteiger partial charge in [-0.05, 0) is 30.2 Å². The molecule has 120 valence electrons. The van der Waals surface area contributed by atoms with Crippen LogP contribution >= 0.6 is 0 Å². The van der Waals surface area contributed by atoms with Gasteiger partial charge in [-0.3, -0.25) is 4.79 Å². The molecule has 1 fully saturated rings. The van der Waals surface area contributed by atoms with Gasteiger partial charge in [0.1, 0.15) is 6.10 Å². The van der Waals surface area contributed by atoms with Crippen molar-refractivity contribution in [2.75, 3.05) is 18.8 Å². The van der Waals surface area contributed by atoms with Crippen molar-refractivity contribution in [1.82, 2.24) is 4.90 Å². The first-order chi connectivity index (χ1) is 11.1. The third-order valence-corrected chi connectivity index (χ3v) is 4.12. The average Bonchev–Trinajstić information content (AvgIpc) is 2.57. The molecule has 0 radical (unpaired) electrons. The highest BCUT2D eigenvalue weighted by atomic mass is 16.5. The lowest BCUT2D eigenvalue weighted by Gasteiger charge is -2.37. The van der Waals surface area contributed by atoms with Gasteiger partial charge < -0.3 is 15.4 Å². The van der Waals surface area contributed by atoms with Crippen LogP contribution in [0, 0.1) is 0 Å². The summed E-state index contributed by atoms with van der Waals surface area (Å²) in [5.41, 5.74) is 8.50. The Hall–Kier alpha value is -2.33. The van der Waals surface area contributed by atoms with E-state index in [1.54, 1.807) is 0 Å². The Morgan fingerprint density at radius 1 is 1.13 bits per heavy atom. The Morgan fingerprint density at radius 3 is 2.52 bits per heavy atom. The number of ether oxygens (including phenoxy) is 1. The van der Waals surface area contributed by atoms with E-state index < -0.39 is 0 Å². The molecule has 2 aromatic carbocycles. The number of morpholine rings is 1. The predicted molar refractivity (Wildman–Crippen MR) is 90.9 cm³/mol. The second-order valence-corrected chi connectivity index (χ2v) is 6.06. The van der Waals surface area contributed by atoms with Crippen molar-refractivity contribution in [3.8, 4) is 0 Å². The van der Waals surface area contributed by atoms with Gasteiger partial charge in [0.05, 0.1) is 19.1 Å². The van der Waals surface area contributed by atoms with Crippen molar-refractivity contribution < 1.29 is 9.53 Å². The van der Waals surface area contributed by atoms with E-state index >= 15 is 0 Å². The summed E-state index contributed by atoms with van der Waals surface area (Å²) in [4.78, 5) is 14.5. The van der Waals surface area contributed by atoms with Crippen LogP contribution in [0.5, 0.6) is 0 Å². The van der Waals surface area contributed by atoms with E-state index in [-0.39, 0.29) is 18.1 Å². The highest BCUT2D eigenvalue weighted by Gasteiger charge is 2.29. The number of nitrogens with zero attached hydrogens (tertiary/aromatic N) is 1. The zero-order valence-corrected chi connectivity index (χ0v) is 13.3. The van der Waals surface area contributed by atoms with Crippen LogP contribution < -0.4 is 5.73 Å². The van der Waals surface area contributed by atoms with Crippen LogP contribution in [0.1, 0.15) is 24.2 Å². The summed E-state index contributed by atoms with van der Waals surface area (Å²) in [6, 6.07) is 17.6. The maximum absolute atomic E-state index is 12.6. The van der Waals surface area contributed by atoms with Gasteiger partial charge in [0.15, 0.2) is 0 Å². The molecule has 0 saturated carbocycles. The minimum atomic E-state index is -0.0599. The largest absolute Gasteiger partial charge is 0.399 e. The normalized spacial score (nSPS) is 21.2. The number of hydrogen-bond donors (Lipinski definition) is 1. The number of nitrogen functional groups attached to an aromatic ring is 1. The van der Waals surface area contributed by atoms with Gasteiger partial charge in [-0.2, -0.15) is 0 Å². The highest BCUT2D eigenvalue weighted by Crippen LogP contribution is 2.25. The van der Waals surface area contributed by atoms with E-state index in [2.05, 4.69) is 0 Å². The molecule has 1 heterocycles. The Balaban J connectivity index is 1.69. The minimum absolute atomic E-state index is 0.0318. The molecule has 1 aliphatic rings. The first-order valence-electron chi connectivity index (χ1n) is 7.94. The van der Waals surface area contributed by atoms with E-state index in [1.807, 2.05) is 66.4 Å². The molecular formula is C19H22N2O2. The van der Waals surface area contributed by atoms with Crippen LogP contribution in [0.15, 0.2) is 54.6 Å². The molecule has 2 N–H and O–H groups in total. The maximum Gasteiger partial charge on any atom is 0.227 e. The van der Waals surface area contributed by atoms with E-state index in [9.17, 15) is 4.79 Å². The number of carbonyl (C=O) groups excluding carboxylic acids is 1. The Kier molecular flexibility index (Phi) is 4.63. The van der Waals surface area contributed by atoms with Crippen molar-refractivity contribution >= 4 is 11.6 Å². The second-order valence-electron chi connectivity index (χ2n) is 6.06. The summed E-state index contributed by atoms with van der Waals surface area (Å²) in [6.07, 6.45) is 0.369. The highest BCUT2D eigenvalue weighted by molar-refractivity contribution is 5.79. The summed E-state index contributed by atoms with van der Waals surface area (Å²) in [6.45, 7) is 3.25. The van der Waals surface area contributed by atoms with Crippen molar-refractivity contribution in [2.24, 2.45) is 0 Å². The Morgan fingerprint density at radius 2 is 1.83 bits per heavy atom. The minimum Gasteiger partial charge on any atom is -0.399 e. The van der Waals surface area contributed by atoms with E-state index in [1.165, 1.54) is 0 Å². The quantitative estimate of drug-likeness (QED) is 0.887. The zero-order valence-electron chi connectivity index (χ0n) is 13.3. The van der Waals surface area contributed by atoms with Crippen molar-refractivity contribution in [1.29, 1.82) is 0 Å². The number of amides is 1. The second kappa shape index (κ2) is 6.84. The van der Waals surface area contributed by atoms with E-state index in [4.69, 9.17) is 10.5 Å². The van der Waals surface area contributed by atoms with E-state index in [0.29, 0.717) is 25.2 Å². The molecule has 4 nitrogen and oxygen atoms in total. The predicted octanol–water partition coefficient (Wildman–Crippen LogP) is 2.80. The molecule has 23 heavy (non-hydrogen) atoms. The fourth-order valence-corrected chi connectivity index (χ4v) is 2.93. The summed E-state index contributed by atoms with van der Waals surface area (Å²) in [5, 5.41) is 0. The zero-order chi connectivity index (χ0) is 16.2. The first kappa shape index (κ1) is 15.6. The molecule has 2 aromatic rings. The lowest BCUT2D eigenvalue weighted by molar-refractivity contribution is -0.144. The van der Waals surface area contributed by atoms with Crippen LogP contribution in [-0.2, 0) is 16.0 Å². The van der Waals surface area contributed by atoms with Gasteiger partial charge in [-0.25, -0.2) is 0 Å². The number of nitrogens with two attached hydrogens (primary N) is 1. The lowest BCUT2D eigenvalue weighted by atomic mass is 10.1. The van der Waals surface area contributed by atoms with Gasteiger partial charge in [0.2, 0.25) is 5.91 Å². The fourth-order valence-electron chi connectivity index (χ4n) is 2.93. The van der Waals surface area contributed by atoms with Gasteiger partial charge in [-0.1, -0.05) is 42.5 Å². The summed E-state index contributed by atoms with van der Waals surface area (Å²) in [7, 11) is 0. The molecule has 2 unspecified atom stereocenters. The summed E-state index contributed by atoms with van der Waals surface area (Å²) < 4.78 is 6.01. The van der Waals surface area contributed by atoms with Crippen molar-refractivity contribution in [3.63, 3.8) is 0 Å². The molecule has 4 heteroatoms. The lowest BCUT2D eigenvalue weighted by Crippen LogP contribution is -2.46. The number of hydrogen-bond acceptors (Lipinski definition) is 3. The van der Waals surface area contributed by atoms with Gasteiger partial charge in [0, 0.05) is 12.2 Å². The topological polar surface area (TPSA) is 55.6 Å². The summed E-state index contributed by atoms with van der Waals surface area (Å²) in [5.74, 6) is 0.130. The average molecular weight is 310 g/mol. The molecule has 0 aliphatic carbocycles. The van der Waals surface area contributed by atoms with Crippen LogP contribution in [0.3, 0.4) is 0 Å². The number of benzene rings is 2. The standard InChI is InChI=1S/C19H22N2O2/c1-14-12-21(13-18(23-14)16-5-3-2-4-6-16)19(22)11-15-7-9-17(20)10-8-15/h2-10,14,18H,11-13,20H2,1H3. The van der Waals surface area contributed by atoms with Crippen LogP contribution in [0.2, 0.25) is 0 Å². The molecule has 0 bridgehead atoms. The maximum atomic E-state index is 12.6. The molecule has 2 atom stereocenters. The van der Waals surface area contributed by atoms with Crippen LogP contribution in [-0.4, -0.2) is 30.0 Å². The molecule has 1 saturated heterocycles. The number of anilines is 1. The third-order valence-electron chi connectivity index (χ3n) is 4.12. The molecular weight excluding hydrogens is 288 g/mol. The summed E-state index contributed by atoms with van der Waals surface area (Å²) >= 11 is 0. The molecule has 0 spiro atoms. The smallest absolute Gasteiger partial charge is 0.227 e. The van der Waals surface area contributed by atoms with Crippen LogP contribution in [0.4, 0.5) is 5.69 Å². The molecule has 1 amide bonds. The fraction of sp³-hybridized carbons (Fsp3) is 0.316. The third kappa shape index (κ3) is 3.90. The monoisotopic (exact) mass is 310 g/mol. The number of rotatable bonds is 3. The molecule has 1 aliphatic heterocycles. The SMILES string of the molecule is CC1CN(C(=O)Cc2ccc(N)cc2)CC(c2ccccc2)O1. The Bertz CT molecular complexity index is 655. The first-order valence-corrected chi connectivity index (χ1v) is 7.94. The van der Waals surface area contributed by atoms with Crippen molar-refractivity contribution in [3.05, 3.63) is 65.7 Å². The Labute approximate surface area is 136 Å².